The molecule has 1 atom stereocenters. The highest BCUT2D eigenvalue weighted by atomic mass is 35.5. The zero-order valence-corrected chi connectivity index (χ0v) is 10.2. The molecular formula is C12H15ClN2O2. The number of ether oxygens (including phenoxy) is 1. The van der Waals surface area contributed by atoms with E-state index < -0.39 is 0 Å². The van der Waals surface area contributed by atoms with Gasteiger partial charge in [-0.2, -0.15) is 0 Å². The van der Waals surface area contributed by atoms with E-state index in [9.17, 15) is 4.79 Å². The topological polar surface area (TPSA) is 50.4 Å². The van der Waals surface area contributed by atoms with Crippen molar-refractivity contribution in [2.24, 2.45) is 0 Å². The molecule has 1 unspecified atom stereocenters. The number of benzene rings is 1. The van der Waals surface area contributed by atoms with Crippen molar-refractivity contribution in [1.82, 2.24) is 10.6 Å². The number of hydrogen-bond acceptors (Lipinski definition) is 2. The second-order valence-corrected chi connectivity index (χ2v) is 4.45. The number of amides is 2. The molecule has 0 aromatic heterocycles. The van der Waals surface area contributed by atoms with E-state index in [0.717, 1.165) is 18.6 Å². The average molecular weight is 255 g/mol. The molecule has 2 amide bonds. The maximum Gasteiger partial charge on any atom is 0.315 e. The van der Waals surface area contributed by atoms with Crippen molar-refractivity contribution in [2.45, 2.75) is 19.0 Å². The molecular weight excluding hydrogens is 240 g/mol. The highest BCUT2D eigenvalue weighted by Crippen LogP contribution is 2.10. The molecule has 1 aromatic carbocycles. The highest BCUT2D eigenvalue weighted by molar-refractivity contribution is 6.30. The van der Waals surface area contributed by atoms with Gasteiger partial charge in [-0.05, 0) is 24.1 Å². The normalized spacial score (nSPS) is 19.0. The van der Waals surface area contributed by atoms with Gasteiger partial charge in [-0.15, -0.1) is 0 Å². The third-order valence-electron chi connectivity index (χ3n) is 2.61. The Kier molecular flexibility index (Phi) is 4.23. The quantitative estimate of drug-likeness (QED) is 0.866. The summed E-state index contributed by atoms with van der Waals surface area (Å²) in [5, 5.41) is 6.32. The van der Waals surface area contributed by atoms with Crippen LogP contribution in [-0.2, 0) is 11.3 Å². The summed E-state index contributed by atoms with van der Waals surface area (Å²) in [5.74, 6) is 0. The van der Waals surface area contributed by atoms with Gasteiger partial charge in [0.1, 0.15) is 0 Å². The van der Waals surface area contributed by atoms with Crippen molar-refractivity contribution in [3.63, 3.8) is 0 Å². The summed E-state index contributed by atoms with van der Waals surface area (Å²) < 4.78 is 5.18. The first-order chi connectivity index (χ1) is 8.24. The van der Waals surface area contributed by atoms with Crippen LogP contribution in [0.2, 0.25) is 5.02 Å². The van der Waals surface area contributed by atoms with E-state index in [2.05, 4.69) is 10.6 Å². The predicted octanol–water partition coefficient (Wildman–Crippen LogP) is 1.93. The fraction of sp³-hybridized carbons (Fsp3) is 0.417. The number of nitrogens with one attached hydrogen (secondary N) is 2. The molecule has 0 spiro atoms. The van der Waals surface area contributed by atoms with Crippen molar-refractivity contribution in [2.75, 3.05) is 13.2 Å². The van der Waals surface area contributed by atoms with E-state index >= 15 is 0 Å². The summed E-state index contributed by atoms with van der Waals surface area (Å²) >= 11 is 5.85. The Morgan fingerprint density at radius 3 is 3.12 bits per heavy atom. The second kappa shape index (κ2) is 5.89. The van der Waals surface area contributed by atoms with Crippen LogP contribution in [0.5, 0.6) is 0 Å². The molecule has 1 aromatic rings. The molecule has 1 fully saturated rings. The molecule has 4 nitrogen and oxygen atoms in total. The minimum atomic E-state index is -0.166. The van der Waals surface area contributed by atoms with E-state index in [1.807, 2.05) is 18.2 Å². The van der Waals surface area contributed by atoms with Gasteiger partial charge in [-0.1, -0.05) is 23.7 Å². The van der Waals surface area contributed by atoms with Crippen LogP contribution >= 0.6 is 11.6 Å². The van der Waals surface area contributed by atoms with Gasteiger partial charge in [0.2, 0.25) is 0 Å². The van der Waals surface area contributed by atoms with Crippen LogP contribution in [-0.4, -0.2) is 25.3 Å². The van der Waals surface area contributed by atoms with Gasteiger partial charge in [0.15, 0.2) is 0 Å². The number of urea groups is 1. The van der Waals surface area contributed by atoms with Gasteiger partial charge in [0, 0.05) is 18.2 Å². The molecule has 1 aliphatic heterocycles. The molecule has 0 saturated carbocycles. The molecule has 2 rings (SSSR count). The van der Waals surface area contributed by atoms with Gasteiger partial charge in [-0.25, -0.2) is 4.79 Å². The monoisotopic (exact) mass is 254 g/mol. The van der Waals surface area contributed by atoms with Crippen LogP contribution in [0.15, 0.2) is 24.3 Å². The second-order valence-electron chi connectivity index (χ2n) is 4.02. The van der Waals surface area contributed by atoms with E-state index in [0.29, 0.717) is 18.2 Å². The van der Waals surface area contributed by atoms with E-state index in [1.54, 1.807) is 6.07 Å². The minimum absolute atomic E-state index is 0.134. The fourth-order valence-electron chi connectivity index (χ4n) is 1.71. The number of hydrogen-bond donors (Lipinski definition) is 2. The lowest BCUT2D eigenvalue weighted by atomic mass is 10.2. The Morgan fingerprint density at radius 1 is 1.53 bits per heavy atom. The molecule has 0 radical (unpaired) electrons. The van der Waals surface area contributed by atoms with Gasteiger partial charge < -0.3 is 15.4 Å². The molecule has 1 heterocycles. The highest BCUT2D eigenvalue weighted by Gasteiger charge is 2.17. The summed E-state index contributed by atoms with van der Waals surface area (Å²) in [5.41, 5.74) is 0.982. The molecule has 92 valence electrons. The average Bonchev–Trinajstić information content (AvgIpc) is 2.79. The number of halogens is 1. The standard InChI is InChI=1S/C12H15ClN2O2/c13-10-3-1-2-9(6-10)7-14-12(16)15-11-4-5-17-8-11/h1-3,6,11H,4-5,7-8H2,(H2,14,15,16). The number of carbonyl (C=O) groups is 1. The van der Waals surface area contributed by atoms with Crippen LogP contribution < -0.4 is 10.6 Å². The maximum absolute atomic E-state index is 11.5. The predicted molar refractivity (Wildman–Crippen MR) is 66.0 cm³/mol. The lowest BCUT2D eigenvalue weighted by Gasteiger charge is -2.11. The smallest absolute Gasteiger partial charge is 0.315 e. The molecule has 1 aliphatic rings. The van der Waals surface area contributed by atoms with Crippen LogP contribution in [0.4, 0.5) is 4.79 Å². The van der Waals surface area contributed by atoms with Gasteiger partial charge >= 0.3 is 6.03 Å². The summed E-state index contributed by atoms with van der Waals surface area (Å²) in [7, 11) is 0. The largest absolute Gasteiger partial charge is 0.379 e. The molecule has 5 heteroatoms. The van der Waals surface area contributed by atoms with Crippen molar-refractivity contribution < 1.29 is 9.53 Å². The van der Waals surface area contributed by atoms with Crippen LogP contribution in [0.25, 0.3) is 0 Å². The Bertz CT molecular complexity index is 392. The summed E-state index contributed by atoms with van der Waals surface area (Å²) in [6, 6.07) is 7.39. The zero-order chi connectivity index (χ0) is 12.1. The SMILES string of the molecule is O=C(NCc1cccc(Cl)c1)NC1CCOC1. The fourth-order valence-corrected chi connectivity index (χ4v) is 1.93. The Morgan fingerprint density at radius 2 is 2.41 bits per heavy atom. The Balaban J connectivity index is 1.75. The van der Waals surface area contributed by atoms with Crippen LogP contribution in [0.3, 0.4) is 0 Å². The van der Waals surface area contributed by atoms with Crippen molar-refractivity contribution in [3.05, 3.63) is 34.9 Å². The number of rotatable bonds is 3. The van der Waals surface area contributed by atoms with Crippen molar-refractivity contribution in [3.8, 4) is 0 Å². The molecule has 1 saturated heterocycles. The molecule has 0 aliphatic carbocycles. The third-order valence-corrected chi connectivity index (χ3v) is 2.84. The van der Waals surface area contributed by atoms with Crippen LogP contribution in [0, 0.1) is 0 Å². The number of carbonyl (C=O) groups excluding carboxylic acids is 1. The third kappa shape index (κ3) is 3.91. The summed E-state index contributed by atoms with van der Waals surface area (Å²) in [6.45, 7) is 1.80. The van der Waals surface area contributed by atoms with E-state index in [-0.39, 0.29) is 12.1 Å². The minimum Gasteiger partial charge on any atom is -0.379 e. The van der Waals surface area contributed by atoms with Gasteiger partial charge in [0.05, 0.1) is 12.6 Å². The lowest BCUT2D eigenvalue weighted by Crippen LogP contribution is -2.42. The Hall–Kier alpha value is -1.26. The van der Waals surface area contributed by atoms with E-state index in [1.165, 1.54) is 0 Å². The first-order valence-corrected chi connectivity index (χ1v) is 5.98. The first-order valence-electron chi connectivity index (χ1n) is 5.60. The van der Waals surface area contributed by atoms with E-state index in [4.69, 9.17) is 16.3 Å². The maximum atomic E-state index is 11.5. The van der Waals surface area contributed by atoms with Crippen molar-refractivity contribution >= 4 is 17.6 Å². The van der Waals surface area contributed by atoms with Gasteiger partial charge in [-0.3, -0.25) is 0 Å². The van der Waals surface area contributed by atoms with Crippen molar-refractivity contribution in [1.29, 1.82) is 0 Å². The summed E-state index contributed by atoms with van der Waals surface area (Å²) in [4.78, 5) is 11.5. The summed E-state index contributed by atoms with van der Waals surface area (Å²) in [6.07, 6.45) is 0.880. The Labute approximate surface area is 105 Å². The zero-order valence-electron chi connectivity index (χ0n) is 9.41. The van der Waals surface area contributed by atoms with Crippen LogP contribution in [0.1, 0.15) is 12.0 Å². The molecule has 2 N–H and O–H groups in total. The van der Waals surface area contributed by atoms with Gasteiger partial charge in [0.25, 0.3) is 0 Å². The first kappa shape index (κ1) is 12.2. The molecule has 17 heavy (non-hydrogen) atoms. The molecule has 0 bridgehead atoms. The lowest BCUT2D eigenvalue weighted by molar-refractivity contribution is 0.188.